The van der Waals surface area contributed by atoms with Crippen LogP contribution in [0.5, 0.6) is 0 Å². The van der Waals surface area contributed by atoms with Gasteiger partial charge >= 0.3 is 0 Å². The summed E-state index contributed by atoms with van der Waals surface area (Å²) in [5, 5.41) is 20.6. The number of rotatable bonds is 19. The van der Waals surface area contributed by atoms with Crippen molar-refractivity contribution in [2.24, 2.45) is 22.9 Å². The maximum absolute atomic E-state index is 15.0. The van der Waals surface area contributed by atoms with Crippen LogP contribution in [0.3, 0.4) is 0 Å². The zero-order chi connectivity index (χ0) is 57.8. The second-order valence-electron chi connectivity index (χ2n) is 20.6. The zero-order valence-corrected chi connectivity index (χ0v) is 46.3. The van der Waals surface area contributed by atoms with E-state index in [4.69, 9.17) is 22.9 Å². The molecule has 0 bridgehead atoms. The minimum absolute atomic E-state index is 0.0261. The molecule has 432 valence electrons. The van der Waals surface area contributed by atoms with E-state index in [0.717, 1.165) is 35.6 Å². The minimum atomic E-state index is -1.75. The van der Waals surface area contributed by atoms with Crippen LogP contribution in [0.1, 0.15) is 101 Å². The average Bonchev–Trinajstić information content (AvgIpc) is 3.97. The standard InChI is InChI=1S/C55H74N12O11S2/c56-24-10-7-16-37(48(72)60-31-46(59)70)63-53(77)43-17-11-25-67(43)54(78)42-32-79-80-55(22-8-2-9-23-55)30-47(71)61-39(28-34-18-19-35-14-5-6-15-36(35)26-34)50(74)64-40(27-33-12-3-1-4-13-33)51(75)62-38(20-21-44(57)68)49(73)65-41(29-45(58)69)52(76)66-42/h1,3-6,12-15,18-19,26,37-43H,2,7-11,16-17,20-25,27-32,56H2,(H2,57,68)(H2,58,69)(H2,59,70)(H,60,72)(H,61,71)(H,62,75)(H,63,77)(H,64,74)(H,65,73)(H,66,76)/t37-,38-,39-,40-,41-,42-,43-/m0/s1. The quantitative estimate of drug-likeness (QED) is 0.0551. The Morgan fingerprint density at radius 1 is 0.675 bits per heavy atom. The number of carbonyl (C=O) groups is 11. The third-order valence-corrected chi connectivity index (χ3v) is 17.7. The molecule has 0 unspecified atom stereocenters. The highest BCUT2D eigenvalue weighted by atomic mass is 33.1. The van der Waals surface area contributed by atoms with Gasteiger partial charge in [-0.25, -0.2) is 0 Å². The molecule has 0 aromatic heterocycles. The minimum Gasteiger partial charge on any atom is -0.370 e. The van der Waals surface area contributed by atoms with Gasteiger partial charge in [-0.3, -0.25) is 52.7 Å². The lowest BCUT2D eigenvalue weighted by Gasteiger charge is -2.37. The van der Waals surface area contributed by atoms with E-state index < -0.39 is 131 Å². The number of nitrogens with zero attached hydrogens (tertiary/aromatic N) is 1. The highest BCUT2D eigenvalue weighted by Crippen LogP contribution is 2.48. The molecule has 2 heterocycles. The number of primary amides is 3. The first-order valence-electron chi connectivity index (χ1n) is 27.1. The summed E-state index contributed by atoms with van der Waals surface area (Å²) < 4.78 is -0.725. The Labute approximate surface area is 472 Å². The van der Waals surface area contributed by atoms with Crippen LogP contribution in [0.4, 0.5) is 0 Å². The molecular weight excluding hydrogens is 1070 g/mol. The van der Waals surface area contributed by atoms with Crippen LogP contribution >= 0.6 is 21.6 Å². The molecule has 3 aliphatic rings. The number of hydrogen-bond donors (Lipinski definition) is 11. The summed E-state index contributed by atoms with van der Waals surface area (Å²) in [4.78, 5) is 153. The van der Waals surface area contributed by atoms with Gasteiger partial charge in [0.05, 0.1) is 13.0 Å². The molecule has 1 spiro atoms. The molecule has 7 atom stereocenters. The molecule has 2 saturated heterocycles. The lowest BCUT2D eigenvalue weighted by molar-refractivity contribution is -0.142. The van der Waals surface area contributed by atoms with E-state index in [2.05, 4.69) is 37.2 Å². The third-order valence-electron chi connectivity index (χ3n) is 14.4. The summed E-state index contributed by atoms with van der Waals surface area (Å²) in [6, 6.07) is 12.5. The second kappa shape index (κ2) is 30.4. The van der Waals surface area contributed by atoms with Crippen LogP contribution in [-0.2, 0) is 65.6 Å². The number of nitrogens with one attached hydrogen (secondary N) is 7. The molecule has 6 rings (SSSR count). The number of benzene rings is 3. The van der Waals surface area contributed by atoms with Gasteiger partial charge in [-0.1, -0.05) is 114 Å². The molecule has 0 radical (unpaired) electrons. The van der Waals surface area contributed by atoms with Gasteiger partial charge in [-0.05, 0) is 79.8 Å². The highest BCUT2D eigenvalue weighted by molar-refractivity contribution is 8.77. The Bertz CT molecular complexity index is 2730. The zero-order valence-electron chi connectivity index (χ0n) is 44.7. The van der Waals surface area contributed by atoms with Crippen molar-refractivity contribution >= 4 is 97.3 Å². The molecule has 23 nitrogen and oxygen atoms in total. The molecular formula is C55H74N12O11S2. The number of nitrogens with two attached hydrogens (primary N) is 4. The van der Waals surface area contributed by atoms with Crippen LogP contribution in [0, 0.1) is 0 Å². The van der Waals surface area contributed by atoms with Crippen molar-refractivity contribution in [2.45, 2.75) is 150 Å². The maximum Gasteiger partial charge on any atom is 0.246 e. The summed E-state index contributed by atoms with van der Waals surface area (Å²) in [5.74, 6) is -8.92. The fourth-order valence-electron chi connectivity index (χ4n) is 10.2. The summed E-state index contributed by atoms with van der Waals surface area (Å²) in [7, 11) is 2.57. The summed E-state index contributed by atoms with van der Waals surface area (Å²) in [5.41, 5.74) is 23.4. The Morgan fingerprint density at radius 3 is 2.00 bits per heavy atom. The maximum atomic E-state index is 15.0. The van der Waals surface area contributed by atoms with E-state index in [9.17, 15) is 52.7 Å². The van der Waals surface area contributed by atoms with E-state index in [0.29, 0.717) is 44.2 Å². The Balaban J connectivity index is 1.37. The Kier molecular flexibility index (Phi) is 23.5. The van der Waals surface area contributed by atoms with E-state index in [1.807, 2.05) is 42.5 Å². The van der Waals surface area contributed by atoms with Gasteiger partial charge < -0.3 is 65.1 Å². The summed E-state index contributed by atoms with van der Waals surface area (Å²) >= 11 is 0. The van der Waals surface area contributed by atoms with Gasteiger partial charge in [0.15, 0.2) is 0 Å². The van der Waals surface area contributed by atoms with Crippen molar-refractivity contribution in [2.75, 3.05) is 25.4 Å². The van der Waals surface area contributed by atoms with E-state index >= 15 is 0 Å². The first-order valence-corrected chi connectivity index (χ1v) is 29.4. The molecule has 15 N–H and O–H groups in total. The molecule has 1 saturated carbocycles. The van der Waals surface area contributed by atoms with Crippen LogP contribution in [0.25, 0.3) is 10.8 Å². The van der Waals surface area contributed by atoms with Gasteiger partial charge in [0.25, 0.3) is 0 Å². The van der Waals surface area contributed by atoms with E-state index in [1.165, 1.54) is 26.5 Å². The predicted octanol–water partition coefficient (Wildman–Crippen LogP) is -0.116. The predicted molar refractivity (Wildman–Crippen MR) is 302 cm³/mol. The monoisotopic (exact) mass is 1140 g/mol. The molecule has 3 fully saturated rings. The van der Waals surface area contributed by atoms with Crippen molar-refractivity contribution in [3.8, 4) is 0 Å². The Morgan fingerprint density at radius 2 is 1.31 bits per heavy atom. The van der Waals surface area contributed by atoms with E-state index in [-0.39, 0.29) is 50.8 Å². The lowest BCUT2D eigenvalue weighted by atomic mass is 9.85. The summed E-state index contributed by atoms with van der Waals surface area (Å²) in [6.07, 6.45) is 3.59. The molecule has 11 amide bonds. The van der Waals surface area contributed by atoms with Crippen LogP contribution in [0.2, 0.25) is 0 Å². The SMILES string of the molecule is NCCCC[C@H](NC(=O)[C@@H]1CCCN1C(=O)[C@@H]1CSSC2(CCCCC2)CC(=O)N[C@@H](Cc2ccc3ccccc3c2)C(=O)N[C@@H](Cc2ccccc2)C(=O)N[C@@H](CCC(N)=O)C(=O)N[C@@H](CC(N)=O)C(=O)N1)C(=O)NCC(N)=O. The van der Waals surface area contributed by atoms with Crippen LogP contribution < -0.4 is 60.2 Å². The Hall–Kier alpha value is -7.25. The number of likely N-dealkylation sites (tertiary alicyclic amines) is 1. The van der Waals surface area contributed by atoms with Gasteiger partial charge in [-0.2, -0.15) is 0 Å². The number of carbonyl (C=O) groups excluding carboxylic acids is 11. The first-order chi connectivity index (χ1) is 38.3. The molecule has 2 aliphatic heterocycles. The fraction of sp³-hybridized carbons (Fsp3) is 0.509. The fourth-order valence-corrected chi connectivity index (χ4v) is 13.5. The number of hydrogen-bond acceptors (Lipinski definition) is 14. The van der Waals surface area contributed by atoms with Gasteiger partial charge in [0.1, 0.15) is 42.3 Å². The third kappa shape index (κ3) is 18.7. The molecule has 3 aromatic rings. The van der Waals surface area contributed by atoms with Crippen LogP contribution in [0.15, 0.2) is 72.8 Å². The number of unbranched alkanes of at least 4 members (excludes halogenated alkanes) is 1. The first kappa shape index (κ1) is 62.0. The second-order valence-corrected chi connectivity index (χ2v) is 23.4. The van der Waals surface area contributed by atoms with Gasteiger partial charge in [0, 0.05) is 42.7 Å². The van der Waals surface area contributed by atoms with Gasteiger partial charge in [0.2, 0.25) is 65.0 Å². The molecule has 80 heavy (non-hydrogen) atoms. The van der Waals surface area contributed by atoms with Crippen molar-refractivity contribution in [1.82, 2.24) is 42.1 Å². The number of fused-ring (bicyclic) bond motifs is 1. The van der Waals surface area contributed by atoms with Crippen LogP contribution in [-0.4, -0.2) is 142 Å². The van der Waals surface area contributed by atoms with Gasteiger partial charge in [-0.15, -0.1) is 0 Å². The van der Waals surface area contributed by atoms with E-state index in [1.54, 1.807) is 30.3 Å². The average molecular weight is 1140 g/mol. The van der Waals surface area contributed by atoms with Crippen molar-refractivity contribution < 1.29 is 52.7 Å². The van der Waals surface area contributed by atoms with Crippen molar-refractivity contribution in [1.29, 1.82) is 0 Å². The molecule has 1 aliphatic carbocycles. The highest BCUT2D eigenvalue weighted by Gasteiger charge is 2.42. The molecule has 3 aromatic carbocycles. The topological polar surface area (TPSA) is 379 Å². The van der Waals surface area contributed by atoms with Crippen molar-refractivity contribution in [3.05, 3.63) is 83.9 Å². The molecule has 25 heteroatoms. The van der Waals surface area contributed by atoms with Crippen molar-refractivity contribution in [3.63, 3.8) is 0 Å². The smallest absolute Gasteiger partial charge is 0.246 e. The normalized spacial score (nSPS) is 22.8. The number of amides is 11. The lowest BCUT2D eigenvalue weighted by Crippen LogP contribution is -2.61. The summed E-state index contributed by atoms with van der Waals surface area (Å²) in [6.45, 7) is -0.0824. The largest absolute Gasteiger partial charge is 0.370 e.